The normalized spacial score (nSPS) is 11.3. The molecule has 0 fully saturated rings. The lowest BCUT2D eigenvalue weighted by atomic mass is 10.2. The van der Waals surface area contributed by atoms with Crippen LogP contribution in [0.1, 0.15) is 11.4 Å². The van der Waals surface area contributed by atoms with Crippen molar-refractivity contribution in [2.24, 2.45) is 0 Å². The highest BCUT2D eigenvalue weighted by Gasteiger charge is 2.20. The van der Waals surface area contributed by atoms with Crippen molar-refractivity contribution in [3.05, 3.63) is 51.9 Å². The molecule has 2 aromatic heterocycles. The molecule has 21 heavy (non-hydrogen) atoms. The van der Waals surface area contributed by atoms with E-state index in [2.05, 4.69) is 25.9 Å². The number of aryl methyl sites for hydroxylation is 1. The first-order valence-corrected chi connectivity index (χ1v) is 7.39. The van der Waals surface area contributed by atoms with Gasteiger partial charge in [-0.3, -0.25) is 4.57 Å². The van der Waals surface area contributed by atoms with Gasteiger partial charge in [-0.1, -0.05) is 6.07 Å². The number of nitrogens with zero attached hydrogens (tertiary/aromatic N) is 3. The molecule has 7 heteroatoms. The van der Waals surface area contributed by atoms with Crippen molar-refractivity contribution in [2.45, 2.75) is 12.8 Å². The number of hydrogen-bond acceptors (Lipinski definition) is 2. The molecule has 1 aromatic carbocycles. The average Bonchev–Trinajstić information content (AvgIpc) is 2.81. The summed E-state index contributed by atoms with van der Waals surface area (Å²) >= 11 is 9.16. The van der Waals surface area contributed by atoms with Crippen molar-refractivity contribution in [3.63, 3.8) is 0 Å². The first-order chi connectivity index (χ1) is 10.0. The molecule has 2 heterocycles. The number of rotatable bonds is 2. The van der Waals surface area contributed by atoms with Gasteiger partial charge < -0.3 is 0 Å². The number of aromatic nitrogens is 3. The van der Waals surface area contributed by atoms with E-state index in [0.29, 0.717) is 22.6 Å². The van der Waals surface area contributed by atoms with Crippen LogP contribution in [0.15, 0.2) is 28.9 Å². The van der Waals surface area contributed by atoms with Crippen LogP contribution in [0.5, 0.6) is 0 Å². The molecule has 0 saturated carbocycles. The third kappa shape index (κ3) is 2.32. The second kappa shape index (κ2) is 5.35. The molecule has 0 aliphatic heterocycles. The zero-order valence-electron chi connectivity index (χ0n) is 10.9. The van der Waals surface area contributed by atoms with Crippen LogP contribution in [0.4, 0.5) is 8.78 Å². The smallest absolute Gasteiger partial charge is 0.164 e. The number of imidazole rings is 1. The second-order valence-corrected chi connectivity index (χ2v) is 5.70. The van der Waals surface area contributed by atoms with Crippen molar-refractivity contribution < 1.29 is 8.78 Å². The molecule has 0 bridgehead atoms. The highest BCUT2D eigenvalue weighted by Crippen LogP contribution is 2.28. The minimum Gasteiger partial charge on any atom is -0.274 e. The summed E-state index contributed by atoms with van der Waals surface area (Å²) in [7, 11) is 0. The Bertz CT molecular complexity index is 848. The minimum atomic E-state index is -0.687. The molecule has 3 rings (SSSR count). The van der Waals surface area contributed by atoms with Crippen LogP contribution in [0.3, 0.4) is 0 Å². The van der Waals surface area contributed by atoms with Gasteiger partial charge in [0.05, 0.1) is 5.88 Å². The number of benzene rings is 1. The predicted molar refractivity (Wildman–Crippen MR) is 80.8 cm³/mol. The van der Waals surface area contributed by atoms with Gasteiger partial charge in [0.2, 0.25) is 0 Å². The maximum atomic E-state index is 14.4. The quantitative estimate of drug-likeness (QED) is 0.620. The zero-order chi connectivity index (χ0) is 15.1. The molecule has 0 saturated heterocycles. The fourth-order valence-corrected chi connectivity index (χ4v) is 2.66. The lowest BCUT2D eigenvalue weighted by Gasteiger charge is -2.11. The summed E-state index contributed by atoms with van der Waals surface area (Å²) in [6.07, 6.45) is 1.55. The van der Waals surface area contributed by atoms with Crippen molar-refractivity contribution in [3.8, 4) is 5.69 Å². The van der Waals surface area contributed by atoms with Crippen molar-refractivity contribution >= 4 is 38.7 Å². The van der Waals surface area contributed by atoms with E-state index >= 15 is 0 Å². The van der Waals surface area contributed by atoms with Gasteiger partial charge in [-0.25, -0.2) is 18.7 Å². The Morgan fingerprint density at radius 3 is 2.81 bits per heavy atom. The van der Waals surface area contributed by atoms with Crippen LogP contribution < -0.4 is 0 Å². The van der Waals surface area contributed by atoms with Crippen molar-refractivity contribution in [2.75, 3.05) is 0 Å². The summed E-state index contributed by atoms with van der Waals surface area (Å²) < 4.78 is 30.6. The molecule has 0 amide bonds. The topological polar surface area (TPSA) is 30.7 Å². The van der Waals surface area contributed by atoms with E-state index in [1.54, 1.807) is 19.2 Å². The Balaban J connectivity index is 2.42. The Hall–Kier alpha value is -1.53. The third-order valence-corrected chi connectivity index (χ3v) is 3.81. The second-order valence-electron chi connectivity index (χ2n) is 4.52. The van der Waals surface area contributed by atoms with Gasteiger partial charge in [-0.15, -0.1) is 11.6 Å². The fourth-order valence-electron chi connectivity index (χ4n) is 2.16. The molecule has 0 aliphatic rings. The van der Waals surface area contributed by atoms with E-state index in [1.807, 2.05) is 0 Å². The molecule has 3 nitrogen and oxygen atoms in total. The van der Waals surface area contributed by atoms with Crippen LogP contribution in [0, 0.1) is 18.6 Å². The van der Waals surface area contributed by atoms with Crippen molar-refractivity contribution in [1.29, 1.82) is 0 Å². The standard InChI is InChI=1S/C14H9BrClF2N3/c1-7-2-3-9(17)13(12(7)18)21-11(5-16)20-10-4-8(15)6-19-14(10)21/h2-4,6H,5H2,1H3. The van der Waals surface area contributed by atoms with Gasteiger partial charge in [0.25, 0.3) is 0 Å². The molecular formula is C14H9BrClF2N3. The molecule has 0 aliphatic carbocycles. The third-order valence-electron chi connectivity index (χ3n) is 3.14. The fraction of sp³-hybridized carbons (Fsp3) is 0.143. The van der Waals surface area contributed by atoms with Gasteiger partial charge in [0.1, 0.15) is 22.8 Å². The molecule has 0 spiro atoms. The monoisotopic (exact) mass is 371 g/mol. The molecule has 108 valence electrons. The number of halogens is 4. The zero-order valence-corrected chi connectivity index (χ0v) is 13.2. The Kier molecular flexibility index (Phi) is 3.67. The molecular weight excluding hydrogens is 364 g/mol. The van der Waals surface area contributed by atoms with E-state index in [1.165, 1.54) is 16.7 Å². The number of fused-ring (bicyclic) bond motifs is 1. The van der Waals surface area contributed by atoms with Gasteiger partial charge in [-0.2, -0.15) is 0 Å². The van der Waals surface area contributed by atoms with E-state index in [9.17, 15) is 8.78 Å². The lowest BCUT2D eigenvalue weighted by Crippen LogP contribution is -2.07. The SMILES string of the molecule is Cc1ccc(F)c(-n2c(CCl)nc3cc(Br)cnc32)c1F. The summed E-state index contributed by atoms with van der Waals surface area (Å²) in [5.74, 6) is -0.986. The lowest BCUT2D eigenvalue weighted by molar-refractivity contribution is 0.563. The van der Waals surface area contributed by atoms with Crippen LogP contribution in [0.2, 0.25) is 0 Å². The molecule has 0 N–H and O–H groups in total. The van der Waals surface area contributed by atoms with Crippen LogP contribution >= 0.6 is 27.5 Å². The maximum absolute atomic E-state index is 14.4. The number of alkyl halides is 1. The summed E-state index contributed by atoms with van der Waals surface area (Å²) in [5, 5.41) is 0. The first kappa shape index (κ1) is 14.4. The van der Waals surface area contributed by atoms with E-state index in [4.69, 9.17) is 11.6 Å². The van der Waals surface area contributed by atoms with Crippen LogP contribution in [-0.2, 0) is 5.88 Å². The Morgan fingerprint density at radius 1 is 1.33 bits per heavy atom. The molecule has 0 radical (unpaired) electrons. The first-order valence-electron chi connectivity index (χ1n) is 6.06. The molecule has 3 aromatic rings. The average molecular weight is 373 g/mol. The Labute approximate surface area is 132 Å². The highest BCUT2D eigenvalue weighted by atomic mass is 79.9. The minimum absolute atomic E-state index is 0.0147. The van der Waals surface area contributed by atoms with Gasteiger partial charge in [0, 0.05) is 10.7 Å². The molecule has 0 atom stereocenters. The Morgan fingerprint density at radius 2 is 2.10 bits per heavy atom. The predicted octanol–water partition coefficient (Wildman–Crippen LogP) is 4.51. The summed E-state index contributed by atoms with van der Waals surface area (Å²) in [6.45, 7) is 1.57. The van der Waals surface area contributed by atoms with Gasteiger partial charge in [0.15, 0.2) is 11.5 Å². The summed E-state index contributed by atoms with van der Waals surface area (Å²) in [6, 6.07) is 4.33. The van der Waals surface area contributed by atoms with Crippen molar-refractivity contribution in [1.82, 2.24) is 14.5 Å². The highest BCUT2D eigenvalue weighted by molar-refractivity contribution is 9.10. The summed E-state index contributed by atoms with van der Waals surface area (Å²) in [4.78, 5) is 8.48. The van der Waals surface area contributed by atoms with E-state index in [-0.39, 0.29) is 11.6 Å². The van der Waals surface area contributed by atoms with E-state index < -0.39 is 11.6 Å². The molecule has 0 unspecified atom stereocenters. The van der Waals surface area contributed by atoms with Gasteiger partial charge >= 0.3 is 0 Å². The van der Waals surface area contributed by atoms with E-state index in [0.717, 1.165) is 4.47 Å². The number of hydrogen-bond donors (Lipinski definition) is 0. The van der Waals surface area contributed by atoms with Gasteiger partial charge in [-0.05, 0) is 40.5 Å². The largest absolute Gasteiger partial charge is 0.274 e. The summed E-state index contributed by atoms with van der Waals surface area (Å²) in [5.41, 5.74) is 1.01. The maximum Gasteiger partial charge on any atom is 0.164 e. The van der Waals surface area contributed by atoms with Crippen LogP contribution in [0.25, 0.3) is 16.9 Å². The number of pyridine rings is 1. The van der Waals surface area contributed by atoms with Crippen LogP contribution in [-0.4, -0.2) is 14.5 Å².